The number of aryl methyl sites for hydroxylation is 1. The van der Waals surface area contributed by atoms with Crippen molar-refractivity contribution in [3.8, 4) is 17.1 Å². The summed E-state index contributed by atoms with van der Waals surface area (Å²) in [6, 6.07) is 10.4. The van der Waals surface area contributed by atoms with Crippen molar-refractivity contribution in [1.82, 2.24) is 14.5 Å². The second-order valence-corrected chi connectivity index (χ2v) is 6.46. The zero-order chi connectivity index (χ0) is 16.8. The molecule has 24 heavy (non-hydrogen) atoms. The van der Waals surface area contributed by atoms with Crippen LogP contribution in [0.2, 0.25) is 0 Å². The summed E-state index contributed by atoms with van der Waals surface area (Å²) < 4.78 is 1.42. The van der Waals surface area contributed by atoms with Crippen LogP contribution in [0.3, 0.4) is 0 Å². The van der Waals surface area contributed by atoms with Crippen molar-refractivity contribution in [3.05, 3.63) is 69.9 Å². The van der Waals surface area contributed by atoms with E-state index >= 15 is 0 Å². The lowest BCUT2D eigenvalue weighted by molar-refractivity contribution is 0.413. The number of nitrogens with one attached hydrogen (secondary N) is 1. The lowest BCUT2D eigenvalue weighted by Crippen LogP contribution is -2.15. The summed E-state index contributed by atoms with van der Waals surface area (Å²) in [5.41, 5.74) is 5.43. The topological polar surface area (TPSA) is 70.9 Å². The first-order chi connectivity index (χ1) is 11.6. The minimum Gasteiger partial charge on any atom is -0.493 e. The summed E-state index contributed by atoms with van der Waals surface area (Å²) in [7, 11) is 0. The maximum Gasteiger partial charge on any atom is 0.328 e. The van der Waals surface area contributed by atoms with Crippen molar-refractivity contribution in [2.45, 2.75) is 32.2 Å². The third-order valence-corrected chi connectivity index (χ3v) is 4.97. The second kappa shape index (κ2) is 5.37. The molecule has 0 radical (unpaired) electrons. The van der Waals surface area contributed by atoms with Crippen LogP contribution in [-0.4, -0.2) is 19.6 Å². The molecule has 0 aliphatic heterocycles. The maximum atomic E-state index is 11.7. The van der Waals surface area contributed by atoms with Crippen molar-refractivity contribution in [3.63, 3.8) is 0 Å². The van der Waals surface area contributed by atoms with Gasteiger partial charge in [0.05, 0.1) is 11.9 Å². The lowest BCUT2D eigenvalue weighted by Gasteiger charge is -2.09. The monoisotopic (exact) mass is 321 g/mol. The highest BCUT2D eigenvalue weighted by molar-refractivity contribution is 5.65. The van der Waals surface area contributed by atoms with Gasteiger partial charge in [-0.3, -0.25) is 9.55 Å². The van der Waals surface area contributed by atoms with E-state index in [-0.39, 0.29) is 23.5 Å². The summed E-state index contributed by atoms with van der Waals surface area (Å²) in [5.74, 6) is 0.219. The van der Waals surface area contributed by atoms with Crippen LogP contribution in [0.5, 0.6) is 5.88 Å². The van der Waals surface area contributed by atoms with Crippen LogP contribution in [0.4, 0.5) is 0 Å². The molecular weight excluding hydrogens is 302 g/mol. The fourth-order valence-electron chi connectivity index (χ4n) is 3.33. The number of imidazole rings is 1. The number of aromatic amines is 1. The summed E-state index contributed by atoms with van der Waals surface area (Å²) >= 11 is 0. The number of hydrogen-bond donors (Lipinski definition) is 2. The fourth-order valence-corrected chi connectivity index (χ4v) is 3.33. The zero-order valence-electron chi connectivity index (χ0n) is 13.7. The Labute approximate surface area is 139 Å². The molecule has 2 atom stereocenters. The Morgan fingerprint density at radius 2 is 2.08 bits per heavy atom. The standard InChI is InChI=1S/C19H19N3O2/c1-11-4-3-5-14(12(11)2)16-7-6-13(9-20-16)15-8-17(15)22-18(23)10-21-19(22)24/h3-7,9-10,15,17,23H,8H2,1-2H3,(H,21,24)/t15-,17+/m0/s1. The third kappa shape index (κ3) is 2.33. The third-order valence-electron chi connectivity index (χ3n) is 4.97. The van der Waals surface area contributed by atoms with Gasteiger partial charge in [0.1, 0.15) is 0 Å². The van der Waals surface area contributed by atoms with E-state index in [0.29, 0.717) is 0 Å². The minimum absolute atomic E-state index is 0.00698. The Kier molecular flexibility index (Phi) is 3.30. The Morgan fingerprint density at radius 1 is 1.25 bits per heavy atom. The van der Waals surface area contributed by atoms with Crippen LogP contribution >= 0.6 is 0 Å². The van der Waals surface area contributed by atoms with Gasteiger partial charge in [-0.2, -0.15) is 0 Å². The summed E-state index contributed by atoms with van der Waals surface area (Å²) in [6.45, 7) is 4.21. The Balaban J connectivity index is 1.60. The van der Waals surface area contributed by atoms with E-state index in [0.717, 1.165) is 23.2 Å². The molecule has 1 fully saturated rings. The molecule has 4 rings (SSSR count). The molecule has 1 saturated carbocycles. The van der Waals surface area contributed by atoms with Crippen molar-refractivity contribution in [1.29, 1.82) is 0 Å². The predicted octanol–water partition coefficient (Wildman–Crippen LogP) is 3.29. The van der Waals surface area contributed by atoms with Crippen molar-refractivity contribution >= 4 is 0 Å². The van der Waals surface area contributed by atoms with Crippen LogP contribution in [0.25, 0.3) is 11.3 Å². The Morgan fingerprint density at radius 3 is 2.75 bits per heavy atom. The number of hydrogen-bond acceptors (Lipinski definition) is 3. The van der Waals surface area contributed by atoms with Crippen LogP contribution in [0.15, 0.2) is 47.5 Å². The van der Waals surface area contributed by atoms with Crippen LogP contribution < -0.4 is 5.69 Å². The average molecular weight is 321 g/mol. The van der Waals surface area contributed by atoms with Crippen LogP contribution in [0.1, 0.15) is 35.1 Å². The fraction of sp³-hybridized carbons (Fsp3) is 0.263. The second-order valence-electron chi connectivity index (χ2n) is 6.46. The van der Waals surface area contributed by atoms with Crippen molar-refractivity contribution in [2.24, 2.45) is 0 Å². The molecule has 122 valence electrons. The van der Waals surface area contributed by atoms with Gasteiger partial charge in [0.2, 0.25) is 5.88 Å². The molecule has 5 nitrogen and oxygen atoms in total. The van der Waals surface area contributed by atoms with Gasteiger partial charge < -0.3 is 10.1 Å². The number of benzene rings is 1. The molecule has 0 unspecified atom stereocenters. The number of rotatable bonds is 3. The van der Waals surface area contributed by atoms with E-state index < -0.39 is 0 Å². The number of pyridine rings is 1. The van der Waals surface area contributed by atoms with Gasteiger partial charge in [-0.1, -0.05) is 24.3 Å². The molecule has 2 heterocycles. The molecule has 0 saturated heterocycles. The van der Waals surface area contributed by atoms with E-state index in [9.17, 15) is 9.90 Å². The van der Waals surface area contributed by atoms with Gasteiger partial charge in [0.15, 0.2) is 0 Å². The van der Waals surface area contributed by atoms with Gasteiger partial charge in [-0.05, 0) is 43.0 Å². The van der Waals surface area contributed by atoms with Gasteiger partial charge >= 0.3 is 5.69 Å². The molecule has 0 spiro atoms. The molecule has 2 N–H and O–H groups in total. The first-order valence-electron chi connectivity index (χ1n) is 8.07. The van der Waals surface area contributed by atoms with E-state index in [1.807, 2.05) is 18.3 Å². The highest BCUT2D eigenvalue weighted by Gasteiger charge is 2.42. The van der Waals surface area contributed by atoms with Gasteiger partial charge in [0, 0.05) is 23.7 Å². The lowest BCUT2D eigenvalue weighted by atomic mass is 10.00. The number of nitrogens with zero attached hydrogens (tertiary/aromatic N) is 2. The molecular formula is C19H19N3O2. The number of aromatic nitrogens is 3. The number of H-pyrrole nitrogens is 1. The summed E-state index contributed by atoms with van der Waals surface area (Å²) in [5, 5.41) is 9.77. The van der Waals surface area contributed by atoms with E-state index in [2.05, 4.69) is 42.0 Å². The summed E-state index contributed by atoms with van der Waals surface area (Å²) in [6.07, 6.45) is 4.06. The molecule has 0 amide bonds. The zero-order valence-corrected chi connectivity index (χ0v) is 13.7. The Hall–Kier alpha value is -2.82. The normalized spacial score (nSPS) is 19.4. The van der Waals surface area contributed by atoms with Gasteiger partial charge in [-0.15, -0.1) is 0 Å². The molecule has 1 aromatic carbocycles. The molecule has 2 aromatic heterocycles. The minimum atomic E-state index is -0.264. The SMILES string of the molecule is Cc1cccc(-c2ccc([C@@H]3C[C@H]3n3c(O)c[nH]c3=O)cn2)c1C. The molecule has 3 aromatic rings. The molecule has 1 aliphatic rings. The molecule has 1 aliphatic carbocycles. The molecule has 5 heteroatoms. The number of aromatic hydroxyl groups is 1. The van der Waals surface area contributed by atoms with Crippen molar-refractivity contribution in [2.75, 3.05) is 0 Å². The largest absolute Gasteiger partial charge is 0.493 e. The van der Waals surface area contributed by atoms with E-state index in [1.165, 1.54) is 21.9 Å². The van der Waals surface area contributed by atoms with Crippen LogP contribution in [-0.2, 0) is 0 Å². The van der Waals surface area contributed by atoms with E-state index in [1.54, 1.807) is 0 Å². The first-order valence-corrected chi connectivity index (χ1v) is 8.07. The highest BCUT2D eigenvalue weighted by atomic mass is 16.3. The van der Waals surface area contributed by atoms with Crippen LogP contribution in [0, 0.1) is 13.8 Å². The Bertz CT molecular complexity index is 953. The van der Waals surface area contributed by atoms with Gasteiger partial charge in [0.25, 0.3) is 0 Å². The highest BCUT2D eigenvalue weighted by Crippen LogP contribution is 2.51. The average Bonchev–Trinajstić information content (AvgIpc) is 3.29. The first kappa shape index (κ1) is 14.8. The van der Waals surface area contributed by atoms with E-state index in [4.69, 9.17) is 0 Å². The predicted molar refractivity (Wildman–Crippen MR) is 92.3 cm³/mol. The maximum absolute atomic E-state index is 11.7. The molecule has 0 bridgehead atoms. The quantitative estimate of drug-likeness (QED) is 0.777. The smallest absolute Gasteiger partial charge is 0.328 e. The van der Waals surface area contributed by atoms with Crippen molar-refractivity contribution < 1.29 is 5.11 Å². The van der Waals surface area contributed by atoms with Gasteiger partial charge in [-0.25, -0.2) is 4.79 Å². The summed E-state index contributed by atoms with van der Waals surface area (Å²) in [4.78, 5) is 18.9.